The molecule has 1 unspecified atom stereocenters. The molecule has 1 aromatic carbocycles. The van der Waals surface area contributed by atoms with Gasteiger partial charge in [-0.1, -0.05) is 37.5 Å². The Morgan fingerprint density at radius 3 is 2.59 bits per heavy atom. The van der Waals surface area contributed by atoms with Gasteiger partial charge in [-0.05, 0) is 37.2 Å². The number of nitrogens with zero attached hydrogens (tertiary/aromatic N) is 1. The lowest BCUT2D eigenvalue weighted by molar-refractivity contribution is -0.153. The van der Waals surface area contributed by atoms with Gasteiger partial charge in [0.15, 0.2) is 0 Å². The highest BCUT2D eigenvalue weighted by atomic mass is 32.2. The summed E-state index contributed by atoms with van der Waals surface area (Å²) in [6.07, 6.45) is 10.3. The van der Waals surface area contributed by atoms with E-state index in [1.54, 1.807) is 11.8 Å². The number of imide groups is 1. The Hall–Kier alpha value is -1.79. The molecule has 2 fully saturated rings. The number of thioether (sulfide) groups is 1. The average molecular weight is 414 g/mol. The topological polar surface area (TPSA) is 79.2 Å². The highest BCUT2D eigenvalue weighted by molar-refractivity contribution is 7.99. The summed E-state index contributed by atoms with van der Waals surface area (Å²) in [5.74, 6) is 0.955. The number of likely N-dealkylation sites (tertiary alicyclic amines) is 1. The van der Waals surface area contributed by atoms with Gasteiger partial charge in [0.1, 0.15) is 0 Å². The van der Waals surface area contributed by atoms with Crippen molar-refractivity contribution in [3.05, 3.63) is 30.5 Å². The van der Waals surface area contributed by atoms with Crippen molar-refractivity contribution in [1.29, 1.82) is 0 Å². The van der Waals surface area contributed by atoms with E-state index in [-0.39, 0.29) is 23.3 Å². The number of aromatic nitrogens is 1. The third kappa shape index (κ3) is 4.69. The first kappa shape index (κ1) is 20.5. The van der Waals surface area contributed by atoms with E-state index in [1.165, 1.54) is 15.2 Å². The molecule has 1 aliphatic heterocycles. The second kappa shape index (κ2) is 8.92. The summed E-state index contributed by atoms with van der Waals surface area (Å²) in [4.78, 5) is 31.1. The van der Waals surface area contributed by atoms with Gasteiger partial charge in [0.05, 0.1) is 0 Å². The van der Waals surface area contributed by atoms with Gasteiger partial charge in [-0.15, -0.1) is 11.8 Å². The molecule has 5 nitrogen and oxygen atoms in total. The van der Waals surface area contributed by atoms with E-state index in [0.29, 0.717) is 19.4 Å². The number of nitrogens with two attached hydrogens (primary N) is 1. The first-order chi connectivity index (χ1) is 14.1. The number of amides is 2. The molecule has 2 aromatic rings. The van der Waals surface area contributed by atoms with Crippen LogP contribution >= 0.6 is 11.8 Å². The monoisotopic (exact) mass is 413 g/mol. The van der Waals surface area contributed by atoms with Gasteiger partial charge in [0.25, 0.3) is 0 Å². The van der Waals surface area contributed by atoms with Crippen LogP contribution in [-0.4, -0.2) is 40.0 Å². The summed E-state index contributed by atoms with van der Waals surface area (Å²) >= 11 is 1.79. The third-order valence-corrected chi connectivity index (χ3v) is 7.77. The number of hydrogen-bond acceptors (Lipinski definition) is 4. The molecule has 1 atom stereocenters. The summed E-state index contributed by atoms with van der Waals surface area (Å²) in [5, 5.41) is 1.24. The lowest BCUT2D eigenvalue weighted by Crippen LogP contribution is -2.47. The normalized spacial score (nSPS) is 20.1. The molecule has 6 heteroatoms. The molecule has 0 radical (unpaired) electrons. The van der Waals surface area contributed by atoms with Crippen LogP contribution in [0.1, 0.15) is 57.8 Å². The van der Waals surface area contributed by atoms with Crippen LogP contribution < -0.4 is 5.73 Å². The lowest BCUT2D eigenvalue weighted by atomic mass is 9.76. The average Bonchev–Trinajstić information content (AvgIpc) is 3.32. The molecular weight excluding hydrogens is 382 g/mol. The Bertz CT molecular complexity index is 852. The van der Waals surface area contributed by atoms with Gasteiger partial charge < -0.3 is 10.7 Å². The van der Waals surface area contributed by atoms with E-state index >= 15 is 0 Å². The minimum atomic E-state index is -0.00730. The number of piperidine rings is 1. The van der Waals surface area contributed by atoms with Gasteiger partial charge in [0.2, 0.25) is 11.8 Å². The summed E-state index contributed by atoms with van der Waals surface area (Å²) in [5.41, 5.74) is 7.45. The van der Waals surface area contributed by atoms with Crippen LogP contribution in [0, 0.1) is 5.41 Å². The van der Waals surface area contributed by atoms with Crippen LogP contribution in [0.15, 0.2) is 35.4 Å². The van der Waals surface area contributed by atoms with Crippen molar-refractivity contribution in [2.45, 2.75) is 68.7 Å². The molecule has 29 heavy (non-hydrogen) atoms. The molecule has 2 amide bonds. The Morgan fingerprint density at radius 1 is 1.10 bits per heavy atom. The van der Waals surface area contributed by atoms with E-state index in [1.807, 2.05) is 12.3 Å². The number of aromatic amines is 1. The number of benzene rings is 1. The molecule has 1 saturated heterocycles. The van der Waals surface area contributed by atoms with Gasteiger partial charge in [-0.2, -0.15) is 0 Å². The number of nitrogens with one attached hydrogen (secondary N) is 1. The molecule has 4 rings (SSSR count). The lowest BCUT2D eigenvalue weighted by Gasteiger charge is -2.37. The summed E-state index contributed by atoms with van der Waals surface area (Å²) in [7, 11) is 0. The molecule has 1 aromatic heterocycles. The number of unbranched alkanes of at least 4 members (excludes halogenated alkanes) is 1. The number of hydrogen-bond donors (Lipinski definition) is 2. The van der Waals surface area contributed by atoms with Crippen molar-refractivity contribution >= 4 is 34.5 Å². The fraction of sp³-hybridized carbons (Fsp3) is 0.565. The zero-order chi connectivity index (χ0) is 20.3. The Kier molecular flexibility index (Phi) is 6.30. The summed E-state index contributed by atoms with van der Waals surface area (Å²) in [6.45, 7) is 0.552. The molecule has 1 aliphatic carbocycles. The number of para-hydroxylation sites is 1. The summed E-state index contributed by atoms with van der Waals surface area (Å²) in [6, 6.07) is 8.41. The van der Waals surface area contributed by atoms with E-state index in [2.05, 4.69) is 23.2 Å². The van der Waals surface area contributed by atoms with Crippen LogP contribution in [0.4, 0.5) is 0 Å². The number of carbonyl (C=O) groups excluding carboxylic acids is 2. The standard InChI is InChI=1S/C23H31N3O2S/c24-17(16-29-20-15-25-19-9-2-1-8-18(19)20)7-3-6-12-26-21(27)13-23(14-22(26)28)10-4-5-11-23/h1-2,8-9,15,17,25H,3-7,10-14,16,24H2. The molecule has 156 valence electrons. The predicted octanol–water partition coefficient (Wildman–Crippen LogP) is 4.47. The highest BCUT2D eigenvalue weighted by Crippen LogP contribution is 2.46. The van der Waals surface area contributed by atoms with Crippen LogP contribution in [0.5, 0.6) is 0 Å². The number of H-pyrrole nitrogens is 1. The van der Waals surface area contributed by atoms with Crippen LogP contribution in [0.2, 0.25) is 0 Å². The van der Waals surface area contributed by atoms with E-state index in [4.69, 9.17) is 5.73 Å². The van der Waals surface area contributed by atoms with Crippen molar-refractivity contribution in [3.8, 4) is 0 Å². The molecule has 2 aliphatic rings. The quantitative estimate of drug-likeness (QED) is 0.380. The smallest absolute Gasteiger partial charge is 0.229 e. The Balaban J connectivity index is 1.17. The fourth-order valence-electron chi connectivity index (χ4n) is 4.88. The van der Waals surface area contributed by atoms with E-state index in [0.717, 1.165) is 56.2 Å². The van der Waals surface area contributed by atoms with Crippen molar-refractivity contribution in [1.82, 2.24) is 9.88 Å². The molecule has 1 spiro atoms. The minimum Gasteiger partial charge on any atom is -0.360 e. The largest absolute Gasteiger partial charge is 0.360 e. The third-order valence-electron chi connectivity index (χ3n) is 6.53. The highest BCUT2D eigenvalue weighted by Gasteiger charge is 2.44. The minimum absolute atomic E-state index is 0.00730. The zero-order valence-electron chi connectivity index (χ0n) is 17.0. The summed E-state index contributed by atoms with van der Waals surface area (Å²) < 4.78 is 0. The predicted molar refractivity (Wildman–Crippen MR) is 118 cm³/mol. The maximum Gasteiger partial charge on any atom is 0.229 e. The first-order valence-electron chi connectivity index (χ1n) is 10.8. The van der Waals surface area contributed by atoms with Crippen molar-refractivity contribution in [2.75, 3.05) is 12.3 Å². The molecular formula is C23H31N3O2S. The van der Waals surface area contributed by atoms with E-state index < -0.39 is 0 Å². The fourth-order valence-corrected chi connectivity index (χ4v) is 5.92. The second-order valence-corrected chi connectivity index (χ2v) is 9.83. The van der Waals surface area contributed by atoms with E-state index in [9.17, 15) is 9.59 Å². The Labute approximate surface area is 176 Å². The van der Waals surface area contributed by atoms with Crippen molar-refractivity contribution < 1.29 is 9.59 Å². The zero-order valence-corrected chi connectivity index (χ0v) is 17.8. The molecule has 2 heterocycles. The molecule has 3 N–H and O–H groups in total. The van der Waals surface area contributed by atoms with Crippen LogP contribution in [0.25, 0.3) is 10.9 Å². The molecule has 1 saturated carbocycles. The van der Waals surface area contributed by atoms with Gasteiger partial charge in [-0.25, -0.2) is 0 Å². The SMILES string of the molecule is NC(CCCCN1C(=O)CC2(CCCC2)CC1=O)CSc1c[nH]c2ccccc12. The Morgan fingerprint density at radius 2 is 1.83 bits per heavy atom. The van der Waals surface area contributed by atoms with Crippen LogP contribution in [-0.2, 0) is 9.59 Å². The van der Waals surface area contributed by atoms with Gasteiger partial charge in [-0.3, -0.25) is 14.5 Å². The van der Waals surface area contributed by atoms with Crippen molar-refractivity contribution in [2.24, 2.45) is 11.1 Å². The first-order valence-corrected chi connectivity index (χ1v) is 11.8. The van der Waals surface area contributed by atoms with Gasteiger partial charge in [0, 0.05) is 53.2 Å². The van der Waals surface area contributed by atoms with Crippen LogP contribution in [0.3, 0.4) is 0 Å². The maximum atomic E-state index is 12.5. The maximum absolute atomic E-state index is 12.5. The van der Waals surface area contributed by atoms with Crippen molar-refractivity contribution in [3.63, 3.8) is 0 Å². The number of carbonyl (C=O) groups is 2. The second-order valence-electron chi connectivity index (χ2n) is 8.77. The van der Waals surface area contributed by atoms with Gasteiger partial charge >= 0.3 is 0 Å². The molecule has 0 bridgehead atoms. The number of rotatable bonds is 8. The number of fused-ring (bicyclic) bond motifs is 1.